The van der Waals surface area contributed by atoms with Crippen LogP contribution in [0.1, 0.15) is 59.8 Å². The van der Waals surface area contributed by atoms with Gasteiger partial charge in [0.25, 0.3) is 0 Å². The van der Waals surface area contributed by atoms with Crippen LogP contribution in [0, 0.1) is 5.92 Å². The van der Waals surface area contributed by atoms with Crippen molar-refractivity contribution in [1.82, 2.24) is 5.43 Å². The number of hydrogen-bond donors (Lipinski definition) is 2. The predicted octanol–water partition coefficient (Wildman–Crippen LogP) is 2.82. The minimum Gasteiger partial charge on any atom is -0.351 e. The Balaban J connectivity index is 4.32. The molecule has 0 aliphatic rings. The monoisotopic (exact) mass is 260 g/mol. The molecule has 0 fully saturated rings. The van der Waals surface area contributed by atoms with E-state index in [0.717, 1.165) is 6.42 Å². The number of rotatable bonds is 12. The van der Waals surface area contributed by atoms with Gasteiger partial charge >= 0.3 is 0 Å². The second-order valence-electron chi connectivity index (χ2n) is 4.70. The van der Waals surface area contributed by atoms with Gasteiger partial charge in [-0.3, -0.25) is 11.3 Å². The molecule has 0 spiro atoms. The maximum atomic E-state index is 5.66. The summed E-state index contributed by atoms with van der Waals surface area (Å²) in [6.45, 7) is 9.73. The lowest BCUT2D eigenvalue weighted by Crippen LogP contribution is -2.47. The third-order valence-electron chi connectivity index (χ3n) is 3.34. The zero-order chi connectivity index (χ0) is 13.8. The number of hydrazine groups is 1. The van der Waals surface area contributed by atoms with E-state index < -0.39 is 0 Å². The molecule has 4 nitrogen and oxygen atoms in total. The molecule has 0 radical (unpaired) electrons. The highest BCUT2D eigenvalue weighted by Crippen LogP contribution is 2.21. The van der Waals surface area contributed by atoms with Crippen LogP contribution in [0.5, 0.6) is 0 Å². The van der Waals surface area contributed by atoms with Gasteiger partial charge in [0.15, 0.2) is 6.29 Å². The van der Waals surface area contributed by atoms with Gasteiger partial charge in [-0.15, -0.1) is 0 Å². The van der Waals surface area contributed by atoms with Crippen molar-refractivity contribution in [3.63, 3.8) is 0 Å². The van der Waals surface area contributed by atoms with Crippen LogP contribution in [0.4, 0.5) is 0 Å². The van der Waals surface area contributed by atoms with Gasteiger partial charge in [-0.25, -0.2) is 0 Å². The second-order valence-corrected chi connectivity index (χ2v) is 4.70. The first-order valence-electron chi connectivity index (χ1n) is 7.42. The molecule has 2 atom stereocenters. The van der Waals surface area contributed by atoms with E-state index in [1.54, 1.807) is 0 Å². The third-order valence-corrected chi connectivity index (χ3v) is 3.34. The average molecular weight is 260 g/mol. The second kappa shape index (κ2) is 11.9. The Kier molecular flexibility index (Phi) is 11.8. The van der Waals surface area contributed by atoms with E-state index in [1.165, 1.54) is 25.7 Å². The number of nitrogens with two attached hydrogens (primary N) is 1. The Morgan fingerprint density at radius 3 is 2.06 bits per heavy atom. The topological polar surface area (TPSA) is 56.5 Å². The lowest BCUT2D eigenvalue weighted by molar-refractivity contribution is -0.157. The molecule has 0 aliphatic carbocycles. The highest BCUT2D eigenvalue weighted by Gasteiger charge is 2.24. The fourth-order valence-corrected chi connectivity index (χ4v) is 2.21. The van der Waals surface area contributed by atoms with Crippen molar-refractivity contribution < 1.29 is 9.47 Å². The van der Waals surface area contributed by atoms with Gasteiger partial charge in [-0.05, 0) is 26.2 Å². The first-order valence-corrected chi connectivity index (χ1v) is 7.42. The normalized spacial score (nSPS) is 15.0. The number of unbranched alkanes of at least 4 members (excludes halogenated alkanes) is 1. The van der Waals surface area contributed by atoms with Crippen molar-refractivity contribution in [1.29, 1.82) is 0 Å². The molecule has 4 heteroatoms. The van der Waals surface area contributed by atoms with Gasteiger partial charge in [0.05, 0.1) is 6.04 Å². The fourth-order valence-electron chi connectivity index (χ4n) is 2.21. The minimum absolute atomic E-state index is 0.0757. The van der Waals surface area contributed by atoms with Crippen LogP contribution in [-0.4, -0.2) is 25.5 Å². The molecule has 0 heterocycles. The van der Waals surface area contributed by atoms with Crippen molar-refractivity contribution in [3.8, 4) is 0 Å². The summed E-state index contributed by atoms with van der Waals surface area (Å²) in [5.74, 6) is 6.35. The lowest BCUT2D eigenvalue weighted by atomic mass is 9.92. The summed E-state index contributed by atoms with van der Waals surface area (Å²) < 4.78 is 11.2. The molecule has 0 aromatic rings. The van der Waals surface area contributed by atoms with Crippen molar-refractivity contribution in [2.75, 3.05) is 13.2 Å². The predicted molar refractivity (Wildman–Crippen MR) is 76.1 cm³/mol. The molecule has 0 bridgehead atoms. The van der Waals surface area contributed by atoms with Gasteiger partial charge in [-0.2, -0.15) is 0 Å². The molecule has 0 rings (SSSR count). The maximum absolute atomic E-state index is 5.66. The number of nitrogens with one attached hydrogen (secondary N) is 1. The summed E-state index contributed by atoms with van der Waals surface area (Å²) in [4.78, 5) is 0. The van der Waals surface area contributed by atoms with Crippen molar-refractivity contribution >= 4 is 0 Å². The Morgan fingerprint density at radius 2 is 1.67 bits per heavy atom. The van der Waals surface area contributed by atoms with Crippen LogP contribution in [-0.2, 0) is 9.47 Å². The third kappa shape index (κ3) is 7.31. The van der Waals surface area contributed by atoms with E-state index in [-0.39, 0.29) is 12.3 Å². The van der Waals surface area contributed by atoms with Gasteiger partial charge in [-0.1, -0.05) is 39.5 Å². The molecule has 0 saturated heterocycles. The van der Waals surface area contributed by atoms with Crippen molar-refractivity contribution in [2.45, 2.75) is 72.1 Å². The van der Waals surface area contributed by atoms with Crippen LogP contribution in [0.25, 0.3) is 0 Å². The zero-order valence-corrected chi connectivity index (χ0v) is 12.6. The molecule has 18 heavy (non-hydrogen) atoms. The highest BCUT2D eigenvalue weighted by atomic mass is 16.7. The van der Waals surface area contributed by atoms with Crippen molar-refractivity contribution in [3.05, 3.63) is 0 Å². The van der Waals surface area contributed by atoms with Gasteiger partial charge in [0, 0.05) is 13.2 Å². The smallest absolute Gasteiger partial charge is 0.173 e. The molecule has 2 unspecified atom stereocenters. The minimum atomic E-state index is -0.235. The molecule has 0 saturated carbocycles. The maximum Gasteiger partial charge on any atom is 0.173 e. The zero-order valence-electron chi connectivity index (χ0n) is 12.6. The summed E-state index contributed by atoms with van der Waals surface area (Å²) in [5, 5.41) is 0. The van der Waals surface area contributed by atoms with Crippen molar-refractivity contribution in [2.24, 2.45) is 11.8 Å². The first-order chi connectivity index (χ1) is 8.73. The Morgan fingerprint density at radius 1 is 1.06 bits per heavy atom. The Labute approximate surface area is 113 Å². The average Bonchev–Trinajstić information content (AvgIpc) is 2.39. The highest BCUT2D eigenvalue weighted by molar-refractivity contribution is 4.73. The van der Waals surface area contributed by atoms with Crippen LogP contribution >= 0.6 is 0 Å². The lowest BCUT2D eigenvalue weighted by Gasteiger charge is -2.29. The molecule has 0 aromatic heterocycles. The molecular formula is C14H32N2O2. The molecule has 0 amide bonds. The fraction of sp³-hybridized carbons (Fsp3) is 1.00. The quantitative estimate of drug-likeness (QED) is 0.322. The van der Waals surface area contributed by atoms with Crippen LogP contribution in [0.3, 0.4) is 0 Å². The van der Waals surface area contributed by atoms with Crippen LogP contribution in [0.15, 0.2) is 0 Å². The molecule has 0 aliphatic heterocycles. The van der Waals surface area contributed by atoms with E-state index in [9.17, 15) is 0 Å². The standard InChI is InChI=1S/C14H32N2O2/c1-5-9-10-12(6-2)11-13(16-15)14(17-7-3)18-8-4/h12-14,16H,5-11,15H2,1-4H3. The number of hydrogen-bond acceptors (Lipinski definition) is 4. The molecule has 110 valence electrons. The van der Waals surface area contributed by atoms with Gasteiger partial charge < -0.3 is 9.47 Å². The Hall–Kier alpha value is -0.160. The Bertz CT molecular complexity index is 173. The van der Waals surface area contributed by atoms with Gasteiger partial charge in [0.2, 0.25) is 0 Å². The number of ether oxygens (including phenoxy) is 2. The summed E-state index contributed by atoms with van der Waals surface area (Å²) in [6.07, 6.45) is 5.75. The molecule has 3 N–H and O–H groups in total. The summed E-state index contributed by atoms with van der Waals surface area (Å²) in [6, 6.07) is 0.0757. The summed E-state index contributed by atoms with van der Waals surface area (Å²) in [7, 11) is 0. The van der Waals surface area contributed by atoms with Crippen LogP contribution < -0.4 is 11.3 Å². The van der Waals surface area contributed by atoms with E-state index in [1.807, 2.05) is 13.8 Å². The van der Waals surface area contributed by atoms with Gasteiger partial charge in [0.1, 0.15) is 0 Å². The van der Waals surface area contributed by atoms with E-state index >= 15 is 0 Å². The molecular weight excluding hydrogens is 228 g/mol. The SMILES string of the molecule is CCCCC(CC)CC(NN)C(OCC)OCC. The van der Waals surface area contributed by atoms with E-state index in [2.05, 4.69) is 19.3 Å². The largest absolute Gasteiger partial charge is 0.351 e. The summed E-state index contributed by atoms with van der Waals surface area (Å²) in [5.41, 5.74) is 2.86. The molecule has 0 aromatic carbocycles. The summed E-state index contributed by atoms with van der Waals surface area (Å²) >= 11 is 0. The van der Waals surface area contributed by atoms with E-state index in [4.69, 9.17) is 15.3 Å². The first kappa shape index (κ1) is 17.8. The van der Waals surface area contributed by atoms with Crippen LogP contribution in [0.2, 0.25) is 0 Å². The van der Waals surface area contributed by atoms with E-state index in [0.29, 0.717) is 19.1 Å².